The SMILES string of the molecule is CC1(C)CC(c2n[nH]nc2C(=O)Oc2ccc(F)cc2)CCO1. The van der Waals surface area contributed by atoms with E-state index in [4.69, 9.17) is 9.47 Å². The summed E-state index contributed by atoms with van der Waals surface area (Å²) in [5.41, 5.74) is 0.491. The molecule has 3 rings (SSSR count). The van der Waals surface area contributed by atoms with Crippen LogP contribution in [0.25, 0.3) is 0 Å². The van der Waals surface area contributed by atoms with E-state index in [1.165, 1.54) is 24.3 Å². The fraction of sp³-hybridized carbons (Fsp3) is 0.438. The molecule has 0 spiro atoms. The molecule has 1 saturated heterocycles. The van der Waals surface area contributed by atoms with Crippen LogP contribution in [0.5, 0.6) is 5.75 Å². The summed E-state index contributed by atoms with van der Waals surface area (Å²) in [6, 6.07) is 5.25. The number of aromatic nitrogens is 3. The Balaban J connectivity index is 1.77. The number of H-pyrrole nitrogens is 1. The predicted molar refractivity (Wildman–Crippen MR) is 79.7 cm³/mol. The Morgan fingerprint density at radius 1 is 1.35 bits per heavy atom. The Morgan fingerprint density at radius 3 is 2.78 bits per heavy atom. The van der Waals surface area contributed by atoms with E-state index in [0.29, 0.717) is 12.3 Å². The molecule has 1 atom stereocenters. The Labute approximate surface area is 133 Å². The molecule has 0 aliphatic carbocycles. The highest BCUT2D eigenvalue weighted by molar-refractivity contribution is 5.90. The van der Waals surface area contributed by atoms with Crippen LogP contribution in [0.4, 0.5) is 4.39 Å². The molecule has 2 heterocycles. The van der Waals surface area contributed by atoms with Gasteiger partial charge >= 0.3 is 5.97 Å². The molecule has 1 unspecified atom stereocenters. The summed E-state index contributed by atoms with van der Waals surface area (Å²) in [5, 5.41) is 10.6. The number of aromatic amines is 1. The van der Waals surface area contributed by atoms with Crippen LogP contribution >= 0.6 is 0 Å². The summed E-state index contributed by atoms with van der Waals surface area (Å²) in [4.78, 5) is 12.3. The third-order valence-electron chi connectivity index (χ3n) is 3.88. The van der Waals surface area contributed by atoms with Crippen molar-refractivity contribution in [3.8, 4) is 5.75 Å². The summed E-state index contributed by atoms with van der Waals surface area (Å²) in [6.45, 7) is 4.63. The third kappa shape index (κ3) is 3.56. The van der Waals surface area contributed by atoms with Crippen LogP contribution in [-0.4, -0.2) is 33.6 Å². The smallest absolute Gasteiger partial charge is 0.366 e. The fourth-order valence-corrected chi connectivity index (χ4v) is 2.80. The van der Waals surface area contributed by atoms with Crippen molar-refractivity contribution in [2.45, 2.75) is 38.2 Å². The van der Waals surface area contributed by atoms with E-state index in [-0.39, 0.29) is 23.0 Å². The molecule has 1 aliphatic heterocycles. The zero-order valence-electron chi connectivity index (χ0n) is 13.0. The summed E-state index contributed by atoms with van der Waals surface area (Å²) >= 11 is 0. The maximum Gasteiger partial charge on any atom is 0.366 e. The van der Waals surface area contributed by atoms with Gasteiger partial charge in [-0.05, 0) is 51.0 Å². The number of hydrogen-bond acceptors (Lipinski definition) is 5. The molecule has 1 N–H and O–H groups in total. The van der Waals surface area contributed by atoms with Gasteiger partial charge < -0.3 is 9.47 Å². The van der Waals surface area contributed by atoms with E-state index >= 15 is 0 Å². The first-order valence-electron chi connectivity index (χ1n) is 7.47. The van der Waals surface area contributed by atoms with Crippen LogP contribution in [-0.2, 0) is 4.74 Å². The van der Waals surface area contributed by atoms with Gasteiger partial charge in [0.25, 0.3) is 0 Å². The summed E-state index contributed by atoms with van der Waals surface area (Å²) in [5.74, 6) is -0.660. The molecule has 0 bridgehead atoms. The first-order valence-corrected chi connectivity index (χ1v) is 7.47. The van der Waals surface area contributed by atoms with Crippen molar-refractivity contribution in [3.05, 3.63) is 41.5 Å². The number of rotatable bonds is 3. The van der Waals surface area contributed by atoms with Gasteiger partial charge in [-0.3, -0.25) is 0 Å². The first-order chi connectivity index (χ1) is 10.9. The van der Waals surface area contributed by atoms with Crippen molar-refractivity contribution in [2.75, 3.05) is 6.61 Å². The van der Waals surface area contributed by atoms with E-state index in [1.807, 2.05) is 13.8 Å². The summed E-state index contributed by atoms with van der Waals surface area (Å²) in [6.07, 6.45) is 1.52. The minimum atomic E-state index is -0.607. The van der Waals surface area contributed by atoms with Gasteiger partial charge in [-0.15, -0.1) is 5.10 Å². The largest absolute Gasteiger partial charge is 0.422 e. The predicted octanol–water partition coefficient (Wildman–Crippen LogP) is 2.84. The molecule has 1 aliphatic rings. The Hall–Kier alpha value is -2.28. The van der Waals surface area contributed by atoms with Crippen molar-refractivity contribution >= 4 is 5.97 Å². The topological polar surface area (TPSA) is 77.1 Å². The summed E-state index contributed by atoms with van der Waals surface area (Å²) in [7, 11) is 0. The normalized spacial score (nSPS) is 20.2. The molecule has 0 saturated carbocycles. The van der Waals surface area contributed by atoms with Crippen molar-refractivity contribution < 1.29 is 18.7 Å². The fourth-order valence-electron chi connectivity index (χ4n) is 2.80. The van der Waals surface area contributed by atoms with Crippen LogP contribution in [0, 0.1) is 5.82 Å². The Bertz CT molecular complexity index is 697. The molecule has 0 radical (unpaired) electrons. The van der Waals surface area contributed by atoms with Gasteiger partial charge in [-0.1, -0.05) is 0 Å². The molecule has 1 aromatic carbocycles. The second-order valence-corrected chi connectivity index (χ2v) is 6.20. The number of ether oxygens (including phenoxy) is 2. The lowest BCUT2D eigenvalue weighted by molar-refractivity contribution is -0.0599. The van der Waals surface area contributed by atoms with Gasteiger partial charge in [0.15, 0.2) is 5.69 Å². The first kappa shape index (κ1) is 15.6. The molecule has 1 aromatic heterocycles. The maximum absolute atomic E-state index is 12.9. The van der Waals surface area contributed by atoms with Gasteiger partial charge in [0.1, 0.15) is 17.3 Å². The van der Waals surface area contributed by atoms with E-state index in [1.54, 1.807) is 0 Å². The van der Waals surface area contributed by atoms with Crippen molar-refractivity contribution in [3.63, 3.8) is 0 Å². The monoisotopic (exact) mass is 319 g/mol. The van der Waals surface area contributed by atoms with Crippen molar-refractivity contribution in [1.82, 2.24) is 15.4 Å². The minimum Gasteiger partial charge on any atom is -0.422 e. The van der Waals surface area contributed by atoms with E-state index in [9.17, 15) is 9.18 Å². The average molecular weight is 319 g/mol. The molecule has 0 amide bonds. The lowest BCUT2D eigenvalue weighted by Crippen LogP contribution is -2.33. The lowest BCUT2D eigenvalue weighted by Gasteiger charge is -2.34. The standard InChI is InChI=1S/C16H18FN3O3/c1-16(2)9-10(7-8-22-16)13-14(19-20-18-13)15(21)23-12-5-3-11(17)4-6-12/h3-6,10H,7-9H2,1-2H3,(H,18,19,20). The minimum absolute atomic E-state index is 0.0771. The van der Waals surface area contributed by atoms with Gasteiger partial charge in [-0.2, -0.15) is 10.3 Å². The molecule has 7 heteroatoms. The highest BCUT2D eigenvalue weighted by atomic mass is 19.1. The Kier molecular flexibility index (Phi) is 4.12. The molecule has 2 aromatic rings. The van der Waals surface area contributed by atoms with Crippen LogP contribution in [0.2, 0.25) is 0 Å². The van der Waals surface area contributed by atoms with Crippen LogP contribution < -0.4 is 4.74 Å². The molecule has 6 nitrogen and oxygen atoms in total. The third-order valence-corrected chi connectivity index (χ3v) is 3.88. The van der Waals surface area contributed by atoms with E-state index in [0.717, 1.165) is 12.8 Å². The number of carbonyl (C=O) groups excluding carboxylic acids is 1. The van der Waals surface area contributed by atoms with E-state index in [2.05, 4.69) is 15.4 Å². The van der Waals surface area contributed by atoms with Gasteiger partial charge in [0, 0.05) is 12.5 Å². The highest BCUT2D eigenvalue weighted by Gasteiger charge is 2.34. The summed E-state index contributed by atoms with van der Waals surface area (Å²) < 4.78 is 23.8. The van der Waals surface area contributed by atoms with E-state index < -0.39 is 11.8 Å². The number of esters is 1. The second kappa shape index (κ2) is 6.08. The molecule has 122 valence electrons. The Morgan fingerprint density at radius 2 is 2.09 bits per heavy atom. The van der Waals surface area contributed by atoms with Crippen molar-refractivity contribution in [2.24, 2.45) is 0 Å². The zero-order valence-corrected chi connectivity index (χ0v) is 13.0. The number of halogens is 1. The molecule has 23 heavy (non-hydrogen) atoms. The highest BCUT2D eigenvalue weighted by Crippen LogP contribution is 2.35. The zero-order chi connectivity index (χ0) is 16.4. The average Bonchev–Trinajstić information content (AvgIpc) is 2.98. The number of benzene rings is 1. The van der Waals surface area contributed by atoms with Crippen LogP contribution in [0.3, 0.4) is 0 Å². The van der Waals surface area contributed by atoms with Crippen LogP contribution in [0.1, 0.15) is 48.8 Å². The lowest BCUT2D eigenvalue weighted by atomic mass is 9.85. The molecule has 1 fully saturated rings. The number of carbonyl (C=O) groups is 1. The van der Waals surface area contributed by atoms with Gasteiger partial charge in [0.05, 0.1) is 5.60 Å². The maximum atomic E-state index is 12.9. The van der Waals surface area contributed by atoms with Gasteiger partial charge in [-0.25, -0.2) is 9.18 Å². The quantitative estimate of drug-likeness (QED) is 0.695. The molecular weight excluding hydrogens is 301 g/mol. The second-order valence-electron chi connectivity index (χ2n) is 6.20. The molecular formula is C16H18FN3O3. The van der Waals surface area contributed by atoms with Crippen molar-refractivity contribution in [1.29, 1.82) is 0 Å². The number of nitrogens with one attached hydrogen (secondary N) is 1. The van der Waals surface area contributed by atoms with Crippen LogP contribution in [0.15, 0.2) is 24.3 Å². The van der Waals surface area contributed by atoms with Gasteiger partial charge in [0.2, 0.25) is 0 Å². The number of hydrogen-bond donors (Lipinski definition) is 1. The number of nitrogens with zero attached hydrogens (tertiary/aromatic N) is 2.